The third-order valence-electron chi connectivity index (χ3n) is 7.05. The van der Waals surface area contributed by atoms with Crippen molar-refractivity contribution in [1.29, 1.82) is 5.26 Å². The van der Waals surface area contributed by atoms with Gasteiger partial charge in [0.2, 0.25) is 0 Å². The van der Waals surface area contributed by atoms with Crippen LogP contribution >= 0.6 is 0 Å². The van der Waals surface area contributed by atoms with E-state index >= 15 is 0 Å². The Morgan fingerprint density at radius 2 is 1.49 bits per heavy atom. The first-order valence-electron chi connectivity index (χ1n) is 12.0. The predicted molar refractivity (Wildman–Crippen MR) is 144 cm³/mol. The minimum atomic E-state index is -1.63. The summed E-state index contributed by atoms with van der Waals surface area (Å²) in [6.45, 7) is 10.5. The molecule has 4 N–H and O–H groups in total. The molecule has 0 saturated heterocycles. The summed E-state index contributed by atoms with van der Waals surface area (Å²) in [5.41, 5.74) is -0.507. The van der Waals surface area contributed by atoms with Crippen LogP contribution in [0.1, 0.15) is 38.8 Å². The van der Waals surface area contributed by atoms with Crippen molar-refractivity contribution >= 4 is 29.2 Å². The Bertz CT molecular complexity index is 1770. The lowest BCUT2D eigenvalue weighted by molar-refractivity contribution is -0.122. The van der Waals surface area contributed by atoms with E-state index in [9.17, 15) is 44.9 Å². The van der Waals surface area contributed by atoms with Crippen LogP contribution < -0.4 is 10.5 Å². The Morgan fingerprint density at radius 1 is 0.976 bits per heavy atom. The molecule has 206 valence electrons. The maximum atomic E-state index is 13.2. The van der Waals surface area contributed by atoms with Crippen LogP contribution in [0.15, 0.2) is 64.5 Å². The van der Waals surface area contributed by atoms with Crippen LogP contribution in [0.2, 0.25) is 0 Å². The molecule has 1 amide bonds. The molecule has 1 aromatic heterocycles. The van der Waals surface area contributed by atoms with E-state index in [0.29, 0.717) is 0 Å². The van der Waals surface area contributed by atoms with Gasteiger partial charge in [0.1, 0.15) is 5.92 Å². The van der Waals surface area contributed by atoms with Crippen molar-refractivity contribution in [2.75, 3.05) is 4.90 Å². The Labute approximate surface area is 232 Å². The first kappa shape index (κ1) is 28.3. The zero-order valence-corrected chi connectivity index (χ0v) is 21.7. The summed E-state index contributed by atoms with van der Waals surface area (Å²) in [6.07, 6.45) is -1.90. The van der Waals surface area contributed by atoms with E-state index in [0.717, 1.165) is 9.47 Å². The molecule has 0 saturated carbocycles. The van der Waals surface area contributed by atoms with Gasteiger partial charge in [-0.3, -0.25) is 19.1 Å². The number of aliphatic hydroxyl groups is 1. The average molecular weight is 555 g/mol. The van der Waals surface area contributed by atoms with Crippen molar-refractivity contribution in [3.8, 4) is 17.6 Å². The van der Waals surface area contributed by atoms with Gasteiger partial charge in [0.15, 0.2) is 12.1 Å². The molecule has 1 aliphatic heterocycles. The number of nitrogens with zero attached hydrogens (tertiary/aromatic N) is 4. The predicted octanol–water partition coefficient (Wildman–Crippen LogP) is 3.16. The highest BCUT2D eigenvalue weighted by Gasteiger charge is 2.40. The molecule has 0 radical (unpaired) electrons. The molecule has 12 heteroatoms. The van der Waals surface area contributed by atoms with Gasteiger partial charge in [0.25, 0.3) is 17.2 Å². The number of aromatic nitrogens is 1. The standard InChI is InChI=1S/C29H22N4O8/c1-14-20(24(34)32(26(36)22(14)13-30)18-8-4-16(5-9-18)28(38)39)12-21-15(2)23(31-3)27(37)33(25(21)35)19-10-6-17(7-11-19)29(40)41/h4-11,22,24,34-35H,12H2,1-2H3,(H,38,39)(H,40,41). The molecule has 3 aromatic rings. The molecular weight excluding hydrogens is 532 g/mol. The van der Waals surface area contributed by atoms with Gasteiger partial charge in [-0.15, -0.1) is 0 Å². The number of hydrogen-bond acceptors (Lipinski definition) is 7. The monoisotopic (exact) mass is 554 g/mol. The SMILES string of the molecule is [C-]#[N+]c1c(C)c(CC2=C(C)C(C#N)C(=O)N(c3ccc(C(=O)O)cc3)C2O)c(O)n(-c2ccc(C(=O)O)cc2)c1=O. The average Bonchev–Trinajstić information content (AvgIpc) is 2.93. The van der Waals surface area contributed by atoms with Gasteiger partial charge in [0.05, 0.1) is 29.5 Å². The molecule has 2 unspecified atom stereocenters. The van der Waals surface area contributed by atoms with Gasteiger partial charge in [-0.1, -0.05) is 0 Å². The first-order valence-corrected chi connectivity index (χ1v) is 12.0. The number of amides is 1. The highest BCUT2D eigenvalue weighted by molar-refractivity contribution is 6.01. The van der Waals surface area contributed by atoms with Gasteiger partial charge >= 0.3 is 11.9 Å². The van der Waals surface area contributed by atoms with Crippen molar-refractivity contribution in [2.45, 2.75) is 26.5 Å². The fourth-order valence-electron chi connectivity index (χ4n) is 4.74. The van der Waals surface area contributed by atoms with E-state index < -0.39 is 41.4 Å². The van der Waals surface area contributed by atoms with Crippen LogP contribution in [0.3, 0.4) is 0 Å². The highest BCUT2D eigenvalue weighted by atomic mass is 16.4. The number of carboxylic acid groups (broad SMARTS) is 2. The first-order chi connectivity index (χ1) is 19.4. The number of rotatable bonds is 6. The second kappa shape index (κ2) is 10.8. The van der Waals surface area contributed by atoms with E-state index in [1.807, 2.05) is 6.07 Å². The second-order valence-corrected chi connectivity index (χ2v) is 9.26. The number of benzene rings is 2. The molecule has 1 aliphatic rings. The molecule has 0 spiro atoms. The van der Waals surface area contributed by atoms with E-state index in [4.69, 9.17) is 6.57 Å². The molecule has 0 fully saturated rings. The molecule has 2 atom stereocenters. The second-order valence-electron chi connectivity index (χ2n) is 9.26. The number of anilines is 1. The van der Waals surface area contributed by atoms with Gasteiger partial charge < -0.3 is 20.4 Å². The van der Waals surface area contributed by atoms with Crippen molar-refractivity contribution in [3.63, 3.8) is 0 Å². The number of carboxylic acids is 2. The van der Waals surface area contributed by atoms with Crippen molar-refractivity contribution in [2.24, 2.45) is 5.92 Å². The fourth-order valence-corrected chi connectivity index (χ4v) is 4.74. The Kier molecular flexibility index (Phi) is 7.46. The maximum absolute atomic E-state index is 13.2. The lowest BCUT2D eigenvalue weighted by Gasteiger charge is -2.37. The quantitative estimate of drug-likeness (QED) is 0.262. The number of pyridine rings is 1. The van der Waals surface area contributed by atoms with Crippen molar-refractivity contribution in [1.82, 2.24) is 4.57 Å². The van der Waals surface area contributed by atoms with Crippen LogP contribution in [0.4, 0.5) is 11.4 Å². The summed E-state index contributed by atoms with van der Waals surface area (Å²) in [7, 11) is 0. The molecular formula is C29H22N4O8. The van der Waals surface area contributed by atoms with Crippen molar-refractivity contribution < 1.29 is 34.8 Å². The smallest absolute Gasteiger partial charge is 0.335 e. The zero-order valence-electron chi connectivity index (χ0n) is 21.7. The topological polar surface area (TPSA) is 186 Å². The summed E-state index contributed by atoms with van der Waals surface area (Å²) in [5.74, 6) is -5.02. The number of hydrogen-bond donors (Lipinski definition) is 4. The highest BCUT2D eigenvalue weighted by Crippen LogP contribution is 2.37. The largest absolute Gasteiger partial charge is 0.494 e. The van der Waals surface area contributed by atoms with Crippen molar-refractivity contribution in [3.05, 3.63) is 104 Å². The summed E-state index contributed by atoms with van der Waals surface area (Å²) in [5, 5.41) is 50.8. The van der Waals surface area contributed by atoms with E-state index in [-0.39, 0.29) is 56.9 Å². The Balaban J connectivity index is 1.87. The third kappa shape index (κ3) is 4.80. The fraction of sp³-hybridized carbons (Fsp3) is 0.172. The minimum absolute atomic E-state index is 0.0534. The van der Waals surface area contributed by atoms with E-state index in [2.05, 4.69) is 4.85 Å². The Morgan fingerprint density at radius 3 is 1.95 bits per heavy atom. The number of aromatic hydroxyl groups is 1. The van der Waals surface area contributed by atoms with E-state index in [1.165, 1.54) is 62.4 Å². The molecule has 2 aromatic carbocycles. The minimum Gasteiger partial charge on any atom is -0.494 e. The lowest BCUT2D eigenvalue weighted by atomic mass is 9.85. The summed E-state index contributed by atoms with van der Waals surface area (Å²) >= 11 is 0. The summed E-state index contributed by atoms with van der Waals surface area (Å²) in [6, 6.07) is 12.1. The van der Waals surface area contributed by atoms with Crippen LogP contribution in [0, 0.1) is 30.7 Å². The van der Waals surface area contributed by atoms with Crippen LogP contribution in [0.25, 0.3) is 10.5 Å². The molecule has 41 heavy (non-hydrogen) atoms. The molecule has 0 bridgehead atoms. The molecule has 4 rings (SSSR count). The van der Waals surface area contributed by atoms with Gasteiger partial charge in [0, 0.05) is 17.7 Å². The normalized spacial score (nSPS) is 16.7. The maximum Gasteiger partial charge on any atom is 0.335 e. The zero-order chi connectivity index (χ0) is 30.2. The van der Waals surface area contributed by atoms with Gasteiger partial charge in [-0.2, -0.15) is 5.26 Å². The number of nitriles is 1. The molecule has 0 aliphatic carbocycles. The number of aromatic carboxylic acids is 2. The van der Waals surface area contributed by atoms with Crippen LogP contribution in [-0.4, -0.2) is 49.1 Å². The Hall–Kier alpha value is -5.72. The number of carbonyl (C=O) groups excluding carboxylic acids is 1. The van der Waals surface area contributed by atoms with Crippen LogP contribution in [-0.2, 0) is 11.2 Å². The summed E-state index contributed by atoms with van der Waals surface area (Å²) < 4.78 is 0.849. The van der Waals surface area contributed by atoms with Crippen LogP contribution in [0.5, 0.6) is 5.88 Å². The van der Waals surface area contributed by atoms with E-state index in [1.54, 1.807) is 0 Å². The lowest BCUT2D eigenvalue weighted by Crippen LogP contribution is -2.49. The third-order valence-corrected chi connectivity index (χ3v) is 7.05. The molecule has 2 heterocycles. The number of aliphatic hydroxyl groups excluding tert-OH is 1. The molecule has 12 nitrogen and oxygen atoms in total. The van der Waals surface area contributed by atoms with Gasteiger partial charge in [-0.05, 0) is 79.1 Å². The van der Waals surface area contributed by atoms with Gasteiger partial charge in [-0.25, -0.2) is 14.4 Å². The number of carbonyl (C=O) groups is 3. The summed E-state index contributed by atoms with van der Waals surface area (Å²) in [4.78, 5) is 53.2.